The zero-order valence-electron chi connectivity index (χ0n) is 11.9. The van der Waals surface area contributed by atoms with Gasteiger partial charge in [-0.15, -0.1) is 5.10 Å². The molecule has 0 aromatic carbocycles. The number of hydrogen-bond acceptors (Lipinski definition) is 5. The third kappa shape index (κ3) is 2.78. The highest BCUT2D eigenvalue weighted by Crippen LogP contribution is 2.09. The molecule has 0 aliphatic rings. The van der Waals surface area contributed by atoms with Gasteiger partial charge in [-0.25, -0.2) is 14.6 Å². The summed E-state index contributed by atoms with van der Waals surface area (Å²) in [5, 5.41) is 15.2. The number of nitriles is 1. The molecular formula is C14H13N7O. The van der Waals surface area contributed by atoms with Crippen LogP contribution in [0.2, 0.25) is 0 Å². The molecule has 3 rings (SSSR count). The van der Waals surface area contributed by atoms with Gasteiger partial charge in [0, 0.05) is 12.4 Å². The van der Waals surface area contributed by atoms with Crippen molar-refractivity contribution in [1.82, 2.24) is 29.5 Å². The van der Waals surface area contributed by atoms with Crippen LogP contribution in [0.4, 0.5) is 0 Å². The lowest BCUT2D eigenvalue weighted by molar-refractivity contribution is -0.122. The molecule has 0 radical (unpaired) electrons. The maximum Gasteiger partial charge on any atom is 0.252 e. The van der Waals surface area contributed by atoms with Crippen LogP contribution >= 0.6 is 0 Å². The van der Waals surface area contributed by atoms with Gasteiger partial charge in [0.1, 0.15) is 24.6 Å². The van der Waals surface area contributed by atoms with E-state index in [4.69, 9.17) is 5.26 Å². The van der Waals surface area contributed by atoms with Gasteiger partial charge < -0.3 is 9.72 Å². The molecule has 3 aromatic heterocycles. The summed E-state index contributed by atoms with van der Waals surface area (Å²) in [5.74, 6) is -0.174. The summed E-state index contributed by atoms with van der Waals surface area (Å²) >= 11 is 0. The normalized spacial score (nSPS) is 10.5. The summed E-state index contributed by atoms with van der Waals surface area (Å²) < 4.78 is 3.25. The Kier molecular flexibility index (Phi) is 3.53. The second kappa shape index (κ2) is 5.65. The molecule has 0 spiro atoms. The zero-order chi connectivity index (χ0) is 15.5. The van der Waals surface area contributed by atoms with Crippen LogP contribution in [-0.4, -0.2) is 30.1 Å². The summed E-state index contributed by atoms with van der Waals surface area (Å²) in [5.41, 5.74) is 2.73. The van der Waals surface area contributed by atoms with Gasteiger partial charge in [-0.05, 0) is 18.6 Å². The number of rotatable bonds is 4. The maximum absolute atomic E-state index is 11.8. The summed E-state index contributed by atoms with van der Waals surface area (Å²) in [4.78, 5) is 20.1. The second-order valence-corrected chi connectivity index (χ2v) is 4.81. The van der Waals surface area contributed by atoms with Crippen LogP contribution in [0.5, 0.6) is 0 Å². The van der Waals surface area contributed by atoms with Crippen molar-refractivity contribution >= 4 is 11.6 Å². The molecule has 8 nitrogen and oxygen atoms in total. The van der Waals surface area contributed by atoms with Crippen molar-refractivity contribution in [2.24, 2.45) is 0 Å². The van der Waals surface area contributed by atoms with Crippen LogP contribution in [-0.2, 0) is 17.9 Å². The van der Waals surface area contributed by atoms with E-state index in [-0.39, 0.29) is 18.3 Å². The van der Waals surface area contributed by atoms with Crippen molar-refractivity contribution < 1.29 is 4.79 Å². The first-order valence-corrected chi connectivity index (χ1v) is 6.65. The highest BCUT2D eigenvalue weighted by Gasteiger charge is 2.08. The molecule has 110 valence electrons. The van der Waals surface area contributed by atoms with Crippen molar-refractivity contribution in [2.45, 2.75) is 20.0 Å². The minimum atomic E-state index is -0.219. The van der Waals surface area contributed by atoms with Crippen molar-refractivity contribution in [3.8, 4) is 6.07 Å². The van der Waals surface area contributed by atoms with Gasteiger partial charge >= 0.3 is 0 Å². The van der Waals surface area contributed by atoms with Crippen LogP contribution in [0, 0.1) is 18.3 Å². The second-order valence-electron chi connectivity index (χ2n) is 4.81. The molecule has 1 amide bonds. The Hall–Kier alpha value is -3.21. The molecule has 0 aliphatic heterocycles. The molecular weight excluding hydrogens is 282 g/mol. The van der Waals surface area contributed by atoms with Gasteiger partial charge in [0.05, 0.1) is 12.2 Å². The first-order chi connectivity index (χ1) is 10.7. The molecule has 8 heteroatoms. The van der Waals surface area contributed by atoms with Gasteiger partial charge in [-0.1, -0.05) is 6.07 Å². The number of imidazole rings is 1. The molecule has 1 N–H and O–H groups in total. The number of nitrogens with zero attached hydrogens (tertiary/aromatic N) is 6. The van der Waals surface area contributed by atoms with E-state index in [1.807, 2.05) is 41.9 Å². The quantitative estimate of drug-likeness (QED) is 0.752. The summed E-state index contributed by atoms with van der Waals surface area (Å²) in [7, 11) is 0. The molecule has 0 aliphatic carbocycles. The number of hydrogen-bond donors (Lipinski definition) is 1. The molecule has 22 heavy (non-hydrogen) atoms. The Labute approximate surface area is 126 Å². The lowest BCUT2D eigenvalue weighted by Crippen LogP contribution is -2.27. The minimum Gasteiger partial charge on any atom is -0.349 e. The van der Waals surface area contributed by atoms with Crippen molar-refractivity contribution in [3.05, 3.63) is 47.9 Å². The van der Waals surface area contributed by atoms with Crippen LogP contribution in [0.3, 0.4) is 0 Å². The maximum atomic E-state index is 11.8. The monoisotopic (exact) mass is 295 g/mol. The molecule has 3 aromatic rings. The van der Waals surface area contributed by atoms with E-state index >= 15 is 0 Å². The fourth-order valence-corrected chi connectivity index (χ4v) is 2.10. The van der Waals surface area contributed by atoms with E-state index in [9.17, 15) is 4.79 Å². The Bertz CT molecular complexity index is 871. The van der Waals surface area contributed by atoms with E-state index in [0.717, 1.165) is 16.9 Å². The van der Waals surface area contributed by atoms with Crippen molar-refractivity contribution in [2.75, 3.05) is 0 Å². The predicted molar refractivity (Wildman–Crippen MR) is 76.5 cm³/mol. The fourth-order valence-electron chi connectivity index (χ4n) is 2.10. The van der Waals surface area contributed by atoms with Crippen molar-refractivity contribution in [1.29, 1.82) is 5.26 Å². The number of carbonyl (C=O) groups excluding carboxylic acids is 1. The average Bonchev–Trinajstić information content (AvgIpc) is 3.12. The standard InChI is InChI=1S/C14H13N7O/c1-10-3-2-4-20-7-11(18-14(10)20)6-16-13(22)8-21-9-17-12(5-15)19-21/h2-4,7,9H,6,8H2,1H3,(H,16,22). The number of fused-ring (bicyclic) bond motifs is 1. The van der Waals surface area contributed by atoms with Crippen LogP contribution < -0.4 is 5.32 Å². The van der Waals surface area contributed by atoms with Gasteiger partial charge in [0.2, 0.25) is 5.91 Å². The number of aryl methyl sites for hydroxylation is 1. The van der Waals surface area contributed by atoms with Gasteiger partial charge in [0.25, 0.3) is 5.82 Å². The molecule has 0 unspecified atom stereocenters. The Morgan fingerprint density at radius 3 is 3.09 bits per heavy atom. The molecule has 3 heterocycles. The van der Waals surface area contributed by atoms with E-state index in [0.29, 0.717) is 6.54 Å². The fraction of sp³-hybridized carbons (Fsp3) is 0.214. The van der Waals surface area contributed by atoms with E-state index < -0.39 is 0 Å². The Morgan fingerprint density at radius 2 is 2.36 bits per heavy atom. The lowest BCUT2D eigenvalue weighted by atomic mass is 10.3. The third-order valence-electron chi connectivity index (χ3n) is 3.14. The number of nitrogens with one attached hydrogen (secondary N) is 1. The van der Waals surface area contributed by atoms with Gasteiger partial charge in [0.15, 0.2) is 0 Å². The SMILES string of the molecule is Cc1cccn2cc(CNC(=O)Cn3cnc(C#N)n3)nc12. The first kappa shape index (κ1) is 13.8. The summed E-state index contributed by atoms with van der Waals surface area (Å²) in [6.45, 7) is 2.34. The van der Waals surface area contributed by atoms with E-state index in [1.165, 1.54) is 11.0 Å². The summed E-state index contributed by atoms with van der Waals surface area (Å²) in [6, 6.07) is 5.75. The lowest BCUT2D eigenvalue weighted by Gasteiger charge is -2.02. The highest BCUT2D eigenvalue weighted by molar-refractivity contribution is 5.75. The predicted octanol–water partition coefficient (Wildman–Crippen LogP) is 0.422. The molecule has 0 saturated carbocycles. The Balaban J connectivity index is 1.62. The Morgan fingerprint density at radius 1 is 1.50 bits per heavy atom. The number of carbonyl (C=O) groups is 1. The highest BCUT2D eigenvalue weighted by atomic mass is 16.2. The van der Waals surface area contributed by atoms with Crippen LogP contribution in [0.25, 0.3) is 5.65 Å². The van der Waals surface area contributed by atoms with Gasteiger partial charge in [-0.2, -0.15) is 5.26 Å². The van der Waals surface area contributed by atoms with E-state index in [1.54, 1.807) is 0 Å². The van der Waals surface area contributed by atoms with Crippen LogP contribution in [0.1, 0.15) is 17.1 Å². The summed E-state index contributed by atoms with van der Waals surface area (Å²) in [6.07, 6.45) is 5.15. The molecule has 0 atom stereocenters. The minimum absolute atomic E-state index is 0.0150. The van der Waals surface area contributed by atoms with E-state index in [2.05, 4.69) is 20.4 Å². The topological polar surface area (TPSA) is 101 Å². The van der Waals surface area contributed by atoms with Gasteiger partial charge in [-0.3, -0.25) is 4.79 Å². The number of pyridine rings is 1. The van der Waals surface area contributed by atoms with Crippen molar-refractivity contribution in [3.63, 3.8) is 0 Å². The third-order valence-corrected chi connectivity index (χ3v) is 3.14. The average molecular weight is 295 g/mol. The smallest absolute Gasteiger partial charge is 0.252 e. The number of aromatic nitrogens is 5. The largest absolute Gasteiger partial charge is 0.349 e. The first-order valence-electron chi connectivity index (χ1n) is 6.65. The molecule has 0 bridgehead atoms. The van der Waals surface area contributed by atoms with Crippen LogP contribution in [0.15, 0.2) is 30.9 Å². The number of amides is 1. The zero-order valence-corrected chi connectivity index (χ0v) is 11.9. The molecule has 0 fully saturated rings. The molecule has 0 saturated heterocycles.